The van der Waals surface area contributed by atoms with Gasteiger partial charge in [-0.3, -0.25) is 0 Å². The molecule has 76 valence electrons. The maximum Gasteiger partial charge on any atom is 0.407 e. The van der Waals surface area contributed by atoms with Gasteiger partial charge in [-0.25, -0.2) is 4.79 Å². The number of halogens is 1. The fourth-order valence-electron chi connectivity index (χ4n) is 2.77. The van der Waals surface area contributed by atoms with Crippen LogP contribution in [0.4, 0.5) is 4.79 Å². The monoisotopic (exact) mass is 206 g/mol. The van der Waals surface area contributed by atoms with E-state index in [1.165, 1.54) is 4.90 Å². The molecule has 0 aromatic carbocycles. The number of hydrogen-bond donors (Lipinski definition) is 2. The van der Waals surface area contributed by atoms with E-state index in [0.29, 0.717) is 6.54 Å². The van der Waals surface area contributed by atoms with E-state index in [1.54, 1.807) is 0 Å². The SMILES string of the molecule is CCN(C(=O)O)C12CC(N)(C1)C2.Cl. The summed E-state index contributed by atoms with van der Waals surface area (Å²) in [5.41, 5.74) is 5.76. The van der Waals surface area contributed by atoms with E-state index in [0.717, 1.165) is 19.3 Å². The molecule has 0 atom stereocenters. The Morgan fingerprint density at radius 1 is 1.54 bits per heavy atom. The van der Waals surface area contributed by atoms with Crippen LogP contribution in [0.15, 0.2) is 0 Å². The molecule has 1 amide bonds. The minimum absolute atomic E-state index is 0. The first-order chi connectivity index (χ1) is 5.51. The third-order valence-corrected chi connectivity index (χ3v) is 3.16. The van der Waals surface area contributed by atoms with Crippen LogP contribution in [0.25, 0.3) is 0 Å². The minimum Gasteiger partial charge on any atom is -0.465 e. The summed E-state index contributed by atoms with van der Waals surface area (Å²) in [6.45, 7) is 2.45. The minimum atomic E-state index is -0.806. The van der Waals surface area contributed by atoms with Crippen molar-refractivity contribution in [3.8, 4) is 0 Å². The molecule has 0 aliphatic heterocycles. The number of nitrogens with two attached hydrogens (primary N) is 1. The zero-order valence-corrected chi connectivity index (χ0v) is 8.43. The van der Waals surface area contributed by atoms with Gasteiger partial charge in [0.05, 0.1) is 5.54 Å². The summed E-state index contributed by atoms with van der Waals surface area (Å²) >= 11 is 0. The highest BCUT2D eigenvalue weighted by atomic mass is 35.5. The molecule has 3 rings (SSSR count). The van der Waals surface area contributed by atoms with Crippen LogP contribution >= 0.6 is 12.4 Å². The molecule has 0 heterocycles. The lowest BCUT2D eigenvalue weighted by molar-refractivity contribution is -0.145. The molecule has 0 spiro atoms. The predicted molar refractivity (Wildman–Crippen MR) is 51.2 cm³/mol. The second-order valence-corrected chi connectivity index (χ2v) is 4.14. The van der Waals surface area contributed by atoms with Gasteiger partial charge in [0.15, 0.2) is 0 Å². The number of carboxylic acid groups (broad SMARTS) is 1. The molecule has 3 fully saturated rings. The van der Waals surface area contributed by atoms with Crippen molar-refractivity contribution in [2.45, 2.75) is 37.3 Å². The van der Waals surface area contributed by atoms with Crippen molar-refractivity contribution < 1.29 is 9.90 Å². The van der Waals surface area contributed by atoms with Crippen molar-refractivity contribution in [1.29, 1.82) is 0 Å². The second-order valence-electron chi connectivity index (χ2n) is 4.14. The standard InChI is InChI=1S/C8H14N2O2.ClH/c1-2-10(6(11)12)8-3-7(9,4-8)5-8;/h2-5,9H2,1H3,(H,11,12);1H. The summed E-state index contributed by atoms with van der Waals surface area (Å²) in [6, 6.07) is 0. The van der Waals surface area contributed by atoms with Crippen LogP contribution in [0.3, 0.4) is 0 Å². The largest absolute Gasteiger partial charge is 0.465 e. The first-order valence-corrected chi connectivity index (χ1v) is 4.31. The van der Waals surface area contributed by atoms with Crippen LogP contribution in [0, 0.1) is 0 Å². The van der Waals surface area contributed by atoms with Crippen LogP contribution in [0.5, 0.6) is 0 Å². The summed E-state index contributed by atoms with van der Waals surface area (Å²) in [5.74, 6) is 0. The lowest BCUT2D eigenvalue weighted by Crippen LogP contribution is -2.82. The predicted octanol–water partition coefficient (Wildman–Crippen LogP) is 1.04. The lowest BCUT2D eigenvalue weighted by atomic mass is 9.44. The van der Waals surface area contributed by atoms with Crippen LogP contribution in [0.1, 0.15) is 26.2 Å². The first-order valence-electron chi connectivity index (χ1n) is 4.31. The molecule has 0 saturated heterocycles. The number of carbonyl (C=O) groups is 1. The quantitative estimate of drug-likeness (QED) is 0.710. The van der Waals surface area contributed by atoms with Gasteiger partial charge in [-0.1, -0.05) is 0 Å². The van der Waals surface area contributed by atoms with E-state index < -0.39 is 6.09 Å². The summed E-state index contributed by atoms with van der Waals surface area (Å²) in [6.07, 6.45) is 1.78. The molecule has 5 heteroatoms. The Morgan fingerprint density at radius 2 is 2.00 bits per heavy atom. The normalized spacial score (nSPS) is 39.5. The topological polar surface area (TPSA) is 66.6 Å². The molecule has 3 saturated carbocycles. The van der Waals surface area contributed by atoms with E-state index >= 15 is 0 Å². The van der Waals surface area contributed by atoms with Crippen molar-refractivity contribution in [1.82, 2.24) is 4.90 Å². The van der Waals surface area contributed by atoms with E-state index in [9.17, 15) is 4.79 Å². The summed E-state index contributed by atoms with van der Waals surface area (Å²) in [4.78, 5) is 12.3. The van der Waals surface area contributed by atoms with E-state index in [4.69, 9.17) is 10.8 Å². The molecule has 0 unspecified atom stereocenters. The first kappa shape index (κ1) is 10.6. The summed E-state index contributed by atoms with van der Waals surface area (Å²) in [7, 11) is 0. The number of amides is 1. The van der Waals surface area contributed by atoms with Gasteiger partial charge in [-0.15, -0.1) is 12.4 Å². The molecular weight excluding hydrogens is 192 g/mol. The number of nitrogens with zero attached hydrogens (tertiary/aromatic N) is 1. The smallest absolute Gasteiger partial charge is 0.407 e. The molecule has 2 bridgehead atoms. The van der Waals surface area contributed by atoms with Crippen molar-refractivity contribution in [3.05, 3.63) is 0 Å². The summed E-state index contributed by atoms with van der Waals surface area (Å²) in [5, 5.41) is 8.87. The highest BCUT2D eigenvalue weighted by molar-refractivity contribution is 5.85. The average molecular weight is 207 g/mol. The summed E-state index contributed by atoms with van der Waals surface area (Å²) < 4.78 is 0. The molecule has 3 N–H and O–H groups in total. The molecule has 0 radical (unpaired) electrons. The van der Waals surface area contributed by atoms with Crippen molar-refractivity contribution in [2.75, 3.05) is 6.54 Å². The average Bonchev–Trinajstić information content (AvgIpc) is 1.82. The fraction of sp³-hybridized carbons (Fsp3) is 0.875. The highest BCUT2D eigenvalue weighted by Gasteiger charge is 2.69. The Balaban J connectivity index is 0.000000845. The molecule has 0 aromatic heterocycles. The van der Waals surface area contributed by atoms with E-state index in [1.807, 2.05) is 6.92 Å². The van der Waals surface area contributed by atoms with Crippen LogP contribution < -0.4 is 5.73 Å². The third kappa shape index (κ3) is 1.20. The van der Waals surface area contributed by atoms with Gasteiger partial charge in [0.1, 0.15) is 0 Å². The van der Waals surface area contributed by atoms with E-state index in [2.05, 4.69) is 0 Å². The lowest BCUT2D eigenvalue weighted by Gasteiger charge is -2.71. The Kier molecular flexibility index (Phi) is 2.24. The Hall–Kier alpha value is -0.480. The molecule has 3 aliphatic rings. The van der Waals surface area contributed by atoms with E-state index in [-0.39, 0.29) is 23.5 Å². The third-order valence-electron chi connectivity index (χ3n) is 3.16. The van der Waals surface area contributed by atoms with Crippen LogP contribution in [-0.2, 0) is 0 Å². The van der Waals surface area contributed by atoms with Gasteiger partial charge in [-0.05, 0) is 26.2 Å². The maximum atomic E-state index is 10.8. The maximum absolute atomic E-state index is 10.8. The Morgan fingerprint density at radius 3 is 2.23 bits per heavy atom. The van der Waals surface area contributed by atoms with Crippen LogP contribution in [-0.4, -0.2) is 33.7 Å². The van der Waals surface area contributed by atoms with Gasteiger partial charge in [-0.2, -0.15) is 0 Å². The fourth-order valence-corrected chi connectivity index (χ4v) is 2.77. The van der Waals surface area contributed by atoms with Crippen molar-refractivity contribution in [2.24, 2.45) is 5.73 Å². The van der Waals surface area contributed by atoms with Gasteiger partial charge in [0.25, 0.3) is 0 Å². The van der Waals surface area contributed by atoms with Crippen molar-refractivity contribution >= 4 is 18.5 Å². The second kappa shape index (κ2) is 2.75. The van der Waals surface area contributed by atoms with Gasteiger partial charge < -0.3 is 15.7 Å². The van der Waals surface area contributed by atoms with Gasteiger partial charge in [0.2, 0.25) is 0 Å². The zero-order chi connectivity index (χ0) is 8.98. The van der Waals surface area contributed by atoms with Crippen molar-refractivity contribution in [3.63, 3.8) is 0 Å². The van der Waals surface area contributed by atoms with Crippen LogP contribution in [0.2, 0.25) is 0 Å². The number of hydrogen-bond acceptors (Lipinski definition) is 2. The molecule has 0 aromatic rings. The zero-order valence-electron chi connectivity index (χ0n) is 7.62. The van der Waals surface area contributed by atoms with Gasteiger partial charge >= 0.3 is 6.09 Å². The van der Waals surface area contributed by atoms with Gasteiger partial charge in [0, 0.05) is 12.1 Å². The highest BCUT2D eigenvalue weighted by Crippen LogP contribution is 2.61. The molecule has 4 nitrogen and oxygen atoms in total. The molecule has 3 aliphatic carbocycles. The Labute approximate surface area is 83.5 Å². The molecule has 13 heavy (non-hydrogen) atoms. The number of rotatable bonds is 2. The Bertz CT molecular complexity index is 225. The molecular formula is C8H15ClN2O2.